The van der Waals surface area contributed by atoms with E-state index in [1.165, 1.54) is 28.6 Å². The largest absolute Gasteiger partial charge is 0.416 e. The fourth-order valence-corrected chi connectivity index (χ4v) is 5.58. The van der Waals surface area contributed by atoms with Gasteiger partial charge in [-0.1, -0.05) is 17.7 Å². The van der Waals surface area contributed by atoms with Crippen LogP contribution in [0.5, 0.6) is 0 Å². The van der Waals surface area contributed by atoms with Crippen LogP contribution in [0.25, 0.3) is 0 Å². The number of nitrogens with one attached hydrogen (secondary N) is 1. The van der Waals surface area contributed by atoms with Crippen molar-refractivity contribution in [1.82, 2.24) is 4.31 Å². The summed E-state index contributed by atoms with van der Waals surface area (Å²) >= 11 is 5.85. The molecule has 0 atom stereocenters. The van der Waals surface area contributed by atoms with Gasteiger partial charge >= 0.3 is 6.18 Å². The van der Waals surface area contributed by atoms with Gasteiger partial charge in [-0.15, -0.1) is 0 Å². The fraction of sp³-hybridized carbons (Fsp3) is 0.240. The van der Waals surface area contributed by atoms with Crippen molar-refractivity contribution in [3.05, 3.63) is 88.4 Å². The Labute approximate surface area is 212 Å². The lowest BCUT2D eigenvalue weighted by Crippen LogP contribution is -2.48. The summed E-state index contributed by atoms with van der Waals surface area (Å²) in [6.45, 7) is 2.48. The number of alkyl halides is 3. The van der Waals surface area contributed by atoms with Crippen molar-refractivity contribution in [3.8, 4) is 0 Å². The maximum absolute atomic E-state index is 13.2. The maximum atomic E-state index is 13.2. The molecule has 1 aliphatic heterocycles. The van der Waals surface area contributed by atoms with Crippen molar-refractivity contribution in [3.63, 3.8) is 0 Å². The molecular formula is C25H23ClF3N3O3S. The highest BCUT2D eigenvalue weighted by Gasteiger charge is 2.32. The van der Waals surface area contributed by atoms with Crippen LogP contribution < -0.4 is 10.2 Å². The van der Waals surface area contributed by atoms with Gasteiger partial charge in [0.25, 0.3) is 5.91 Å². The van der Waals surface area contributed by atoms with Crippen molar-refractivity contribution in [2.45, 2.75) is 18.0 Å². The molecule has 1 saturated heterocycles. The summed E-state index contributed by atoms with van der Waals surface area (Å²) in [6, 6.07) is 15.9. The number of halogens is 4. The van der Waals surface area contributed by atoms with Crippen molar-refractivity contribution >= 4 is 38.9 Å². The predicted molar refractivity (Wildman–Crippen MR) is 133 cm³/mol. The number of anilines is 2. The van der Waals surface area contributed by atoms with Gasteiger partial charge in [-0.25, -0.2) is 8.42 Å². The summed E-state index contributed by atoms with van der Waals surface area (Å²) < 4.78 is 66.9. The summed E-state index contributed by atoms with van der Waals surface area (Å²) in [5.74, 6) is -0.351. The molecule has 0 aromatic heterocycles. The van der Waals surface area contributed by atoms with Crippen LogP contribution in [0.4, 0.5) is 24.5 Å². The van der Waals surface area contributed by atoms with E-state index in [4.69, 9.17) is 11.6 Å². The average molecular weight is 538 g/mol. The first-order chi connectivity index (χ1) is 16.9. The quantitative estimate of drug-likeness (QED) is 0.471. The van der Waals surface area contributed by atoms with Gasteiger partial charge in [0.15, 0.2) is 0 Å². The number of carbonyl (C=O) groups is 1. The van der Waals surface area contributed by atoms with E-state index in [0.717, 1.165) is 12.1 Å². The summed E-state index contributed by atoms with van der Waals surface area (Å²) in [7, 11) is -3.82. The van der Waals surface area contributed by atoms with Gasteiger partial charge in [0, 0.05) is 48.1 Å². The van der Waals surface area contributed by atoms with E-state index in [1.807, 2.05) is 0 Å². The van der Waals surface area contributed by atoms with Crippen molar-refractivity contribution < 1.29 is 26.4 Å². The van der Waals surface area contributed by atoms with E-state index >= 15 is 0 Å². The van der Waals surface area contributed by atoms with Crippen LogP contribution >= 0.6 is 11.6 Å². The predicted octanol–water partition coefficient (Wildman–Crippen LogP) is 5.43. The van der Waals surface area contributed by atoms with Crippen LogP contribution in [0, 0.1) is 6.92 Å². The number of nitrogens with zero attached hydrogens (tertiary/aromatic N) is 2. The second kappa shape index (κ2) is 10.1. The molecular weight excluding hydrogens is 515 g/mol. The number of sulfonamides is 1. The number of benzene rings is 3. The molecule has 1 aliphatic rings. The zero-order chi connectivity index (χ0) is 26.1. The molecule has 0 aliphatic carbocycles. The molecule has 6 nitrogen and oxygen atoms in total. The Kier molecular flexibility index (Phi) is 7.31. The highest BCUT2D eigenvalue weighted by Crippen LogP contribution is 2.32. The molecule has 3 aromatic rings. The minimum absolute atomic E-state index is 0.0806. The topological polar surface area (TPSA) is 69.7 Å². The van der Waals surface area contributed by atoms with E-state index in [2.05, 4.69) is 5.32 Å². The molecule has 0 unspecified atom stereocenters. The van der Waals surface area contributed by atoms with Gasteiger partial charge < -0.3 is 10.2 Å². The third kappa shape index (κ3) is 5.66. The van der Waals surface area contributed by atoms with Crippen LogP contribution in [-0.4, -0.2) is 44.8 Å². The minimum atomic E-state index is -4.44. The smallest absolute Gasteiger partial charge is 0.369 e. The van der Waals surface area contributed by atoms with Crippen LogP contribution in [-0.2, 0) is 16.2 Å². The SMILES string of the molecule is Cc1cc(S(=O)(=O)N2CCN(c3cccc(C(F)(F)F)c3)CC2)ccc1NC(=O)c1ccc(Cl)cc1. The molecule has 3 aromatic carbocycles. The number of hydrogen-bond donors (Lipinski definition) is 1. The number of amides is 1. The van der Waals surface area contributed by atoms with E-state index in [-0.39, 0.29) is 37.0 Å². The molecule has 1 heterocycles. The minimum Gasteiger partial charge on any atom is -0.369 e. The molecule has 4 rings (SSSR count). The van der Waals surface area contributed by atoms with Crippen molar-refractivity contribution in [1.29, 1.82) is 0 Å². The zero-order valence-electron chi connectivity index (χ0n) is 19.2. The maximum Gasteiger partial charge on any atom is 0.416 e. The van der Waals surface area contributed by atoms with Gasteiger partial charge in [-0.2, -0.15) is 17.5 Å². The van der Waals surface area contributed by atoms with Gasteiger partial charge in [0.05, 0.1) is 10.5 Å². The van der Waals surface area contributed by atoms with Crippen LogP contribution in [0.3, 0.4) is 0 Å². The monoisotopic (exact) mass is 537 g/mol. The molecule has 11 heteroatoms. The Morgan fingerprint density at radius 1 is 0.944 bits per heavy atom. The average Bonchev–Trinajstić information content (AvgIpc) is 2.85. The second-order valence-electron chi connectivity index (χ2n) is 8.38. The molecule has 1 amide bonds. The van der Waals surface area contributed by atoms with Crippen LogP contribution in [0.2, 0.25) is 5.02 Å². The molecule has 0 spiro atoms. The van der Waals surface area contributed by atoms with Gasteiger partial charge in [0.1, 0.15) is 0 Å². The van der Waals surface area contributed by atoms with Gasteiger partial charge in [-0.3, -0.25) is 4.79 Å². The number of hydrogen-bond acceptors (Lipinski definition) is 4. The van der Waals surface area contributed by atoms with Crippen molar-refractivity contribution in [2.24, 2.45) is 0 Å². The Balaban J connectivity index is 1.44. The molecule has 190 valence electrons. The summed E-state index contributed by atoms with van der Waals surface area (Å²) in [5, 5.41) is 3.27. The third-order valence-corrected chi connectivity index (χ3v) is 8.11. The number of piperazine rings is 1. The normalized spacial score (nSPS) is 15.1. The second-order valence-corrected chi connectivity index (χ2v) is 10.8. The first kappa shape index (κ1) is 26.0. The van der Waals surface area contributed by atoms with Gasteiger partial charge in [-0.05, 0) is 73.2 Å². The van der Waals surface area contributed by atoms with Gasteiger partial charge in [0.2, 0.25) is 10.0 Å². The number of rotatable bonds is 5. The Morgan fingerprint density at radius 3 is 2.22 bits per heavy atom. The van der Waals surface area contributed by atoms with Crippen LogP contribution in [0.1, 0.15) is 21.5 Å². The Morgan fingerprint density at radius 2 is 1.61 bits per heavy atom. The van der Waals surface area contributed by atoms with E-state index in [1.54, 1.807) is 42.2 Å². The Hall–Kier alpha value is -3.08. The molecule has 0 saturated carbocycles. The highest BCUT2D eigenvalue weighted by atomic mass is 35.5. The first-order valence-corrected chi connectivity index (χ1v) is 12.9. The molecule has 0 bridgehead atoms. The number of carbonyl (C=O) groups excluding carboxylic acids is 1. The molecule has 36 heavy (non-hydrogen) atoms. The summed E-state index contributed by atoms with van der Waals surface area (Å²) in [5.41, 5.74) is 1.12. The third-order valence-electron chi connectivity index (χ3n) is 5.97. The molecule has 0 radical (unpaired) electrons. The van der Waals surface area contributed by atoms with E-state index in [9.17, 15) is 26.4 Å². The van der Waals surface area contributed by atoms with Crippen molar-refractivity contribution in [2.75, 3.05) is 36.4 Å². The number of aryl methyl sites for hydroxylation is 1. The summed E-state index contributed by atoms with van der Waals surface area (Å²) in [6.07, 6.45) is -4.44. The summed E-state index contributed by atoms with van der Waals surface area (Å²) in [4.78, 5) is 14.3. The molecule has 1 fully saturated rings. The zero-order valence-corrected chi connectivity index (χ0v) is 20.8. The lowest BCUT2D eigenvalue weighted by Gasteiger charge is -2.35. The standard InChI is InChI=1S/C25H23ClF3N3O3S/c1-17-15-22(9-10-23(17)30-24(33)18-5-7-20(26)8-6-18)36(34,35)32-13-11-31(12-14-32)21-4-2-3-19(16-21)25(27,28)29/h2-10,15-16H,11-14H2,1H3,(H,30,33). The molecule has 1 N–H and O–H groups in total. The Bertz CT molecular complexity index is 1370. The van der Waals surface area contributed by atoms with Crippen LogP contribution in [0.15, 0.2) is 71.6 Å². The lowest BCUT2D eigenvalue weighted by atomic mass is 10.1. The highest BCUT2D eigenvalue weighted by molar-refractivity contribution is 7.89. The van der Waals surface area contributed by atoms with E-state index < -0.39 is 21.8 Å². The fourth-order valence-electron chi connectivity index (χ4n) is 3.95. The lowest BCUT2D eigenvalue weighted by molar-refractivity contribution is -0.137. The van der Waals surface area contributed by atoms with E-state index in [0.29, 0.717) is 27.5 Å². The first-order valence-electron chi connectivity index (χ1n) is 11.0.